The summed E-state index contributed by atoms with van der Waals surface area (Å²) in [5, 5.41) is 31.0. The minimum atomic E-state index is -1.05. The van der Waals surface area contributed by atoms with Gasteiger partial charge in [0.05, 0.1) is 10.7 Å². The molecule has 1 saturated heterocycles. The van der Waals surface area contributed by atoms with Crippen molar-refractivity contribution in [2.75, 3.05) is 17.7 Å². The van der Waals surface area contributed by atoms with Gasteiger partial charge in [-0.1, -0.05) is 12.1 Å². The van der Waals surface area contributed by atoms with Crippen LogP contribution in [0.3, 0.4) is 0 Å². The number of aromatic nitrogens is 1. The molecule has 0 saturated carbocycles. The van der Waals surface area contributed by atoms with E-state index in [9.17, 15) is 34.4 Å². The topological polar surface area (TPSA) is 203 Å². The van der Waals surface area contributed by atoms with Crippen LogP contribution < -0.4 is 10.6 Å². The molecule has 15 nitrogen and oxygen atoms in total. The molecular weight excluding hydrogens is 568 g/mol. The largest absolute Gasteiger partial charge is 0.509 e. The number of anilines is 1. The highest BCUT2D eigenvalue weighted by atomic mass is 32.2. The maximum absolute atomic E-state index is 13.1. The number of nitrogens with zero attached hydrogens (tertiary/aromatic N) is 4. The summed E-state index contributed by atoms with van der Waals surface area (Å²) in [5.41, 5.74) is -0.0931. The first-order chi connectivity index (χ1) is 19.2. The van der Waals surface area contributed by atoms with E-state index in [2.05, 4.69) is 20.8 Å². The quantitative estimate of drug-likeness (QED) is 0.0617. The van der Waals surface area contributed by atoms with Crippen LogP contribution in [0.2, 0.25) is 0 Å². The van der Waals surface area contributed by atoms with E-state index in [0.29, 0.717) is 18.4 Å². The summed E-state index contributed by atoms with van der Waals surface area (Å²) in [6, 6.07) is 4.31. The van der Waals surface area contributed by atoms with E-state index in [1.165, 1.54) is 29.6 Å². The maximum atomic E-state index is 13.1. The van der Waals surface area contributed by atoms with Gasteiger partial charge in [0, 0.05) is 17.5 Å². The van der Waals surface area contributed by atoms with Crippen LogP contribution in [-0.4, -0.2) is 73.6 Å². The molecule has 1 unspecified atom stereocenters. The summed E-state index contributed by atoms with van der Waals surface area (Å²) < 4.78 is 5.24. The number of aliphatic hydroxyl groups is 1. The molecule has 2 aliphatic rings. The Hall–Kier alpha value is -4.51. The van der Waals surface area contributed by atoms with E-state index < -0.39 is 34.1 Å². The summed E-state index contributed by atoms with van der Waals surface area (Å²) in [7, 11) is 0. The van der Waals surface area contributed by atoms with Crippen LogP contribution in [0, 0.1) is 10.1 Å². The van der Waals surface area contributed by atoms with Crippen molar-refractivity contribution >= 4 is 63.8 Å². The van der Waals surface area contributed by atoms with Gasteiger partial charge in [0.15, 0.2) is 16.5 Å². The summed E-state index contributed by atoms with van der Waals surface area (Å²) >= 11 is 2.19. The lowest BCUT2D eigenvalue weighted by atomic mass is 10.0. The lowest BCUT2D eigenvalue weighted by Gasteiger charge is -2.48. The van der Waals surface area contributed by atoms with Crippen LogP contribution in [0.25, 0.3) is 0 Å². The number of thioether (sulfide) groups is 1. The second kappa shape index (κ2) is 12.6. The van der Waals surface area contributed by atoms with Crippen molar-refractivity contribution in [2.24, 2.45) is 5.16 Å². The Morgan fingerprint density at radius 1 is 1.35 bits per heavy atom. The molecule has 0 bridgehead atoms. The van der Waals surface area contributed by atoms with Crippen LogP contribution in [0.15, 0.2) is 46.3 Å². The van der Waals surface area contributed by atoms with Gasteiger partial charge in [-0.15, -0.1) is 23.1 Å². The number of non-ortho nitro benzene ring substituents is 1. The van der Waals surface area contributed by atoms with Gasteiger partial charge in [-0.2, -0.15) is 0 Å². The highest BCUT2D eigenvalue weighted by Crippen LogP contribution is 2.40. The number of aliphatic hydroxyl groups excluding tert-OH is 1. The fourth-order valence-electron chi connectivity index (χ4n) is 3.64. The third-order valence-electron chi connectivity index (χ3n) is 5.54. The monoisotopic (exact) mass is 590 g/mol. The SMILES string of the molecule is CCCO/N=C(\C(=O)NC1C(=O)N2C(C(=O)OCc3ccc([N+](=O)[O-])cc3)=C(O)CS[C@H]12)c1csc(NC=O)n1. The van der Waals surface area contributed by atoms with Gasteiger partial charge >= 0.3 is 5.97 Å². The molecule has 2 aromatic rings. The van der Waals surface area contributed by atoms with Gasteiger partial charge in [0.1, 0.15) is 36.1 Å². The molecule has 1 aromatic heterocycles. The van der Waals surface area contributed by atoms with E-state index >= 15 is 0 Å². The number of benzene rings is 1. The number of ether oxygens (including phenoxy) is 1. The normalized spacial score (nSPS) is 18.4. The summed E-state index contributed by atoms with van der Waals surface area (Å²) in [4.78, 5) is 70.2. The predicted molar refractivity (Wildman–Crippen MR) is 142 cm³/mol. The fourth-order valence-corrected chi connectivity index (χ4v) is 5.49. The van der Waals surface area contributed by atoms with Gasteiger partial charge in [0.25, 0.3) is 17.5 Å². The Kier molecular flexibility index (Phi) is 8.95. The number of nitro groups is 1. The molecule has 0 aliphatic carbocycles. The molecular formula is C23H22N6O9S2. The van der Waals surface area contributed by atoms with Gasteiger partial charge < -0.3 is 25.3 Å². The number of esters is 1. The van der Waals surface area contributed by atoms with Crippen molar-refractivity contribution in [3.63, 3.8) is 0 Å². The van der Waals surface area contributed by atoms with Crippen molar-refractivity contribution in [3.8, 4) is 0 Å². The number of hydrogen-bond acceptors (Lipinski definition) is 13. The summed E-state index contributed by atoms with van der Waals surface area (Å²) in [6.07, 6.45) is 1.06. The zero-order chi connectivity index (χ0) is 28.8. The van der Waals surface area contributed by atoms with Crippen molar-refractivity contribution in [3.05, 3.63) is 62.5 Å². The predicted octanol–water partition coefficient (Wildman–Crippen LogP) is 1.66. The van der Waals surface area contributed by atoms with Crippen LogP contribution in [0.1, 0.15) is 24.6 Å². The lowest BCUT2D eigenvalue weighted by Crippen LogP contribution is -2.71. The molecule has 1 fully saturated rings. The molecule has 0 spiro atoms. The molecule has 210 valence electrons. The summed E-state index contributed by atoms with van der Waals surface area (Å²) in [5.74, 6) is -2.77. The minimum Gasteiger partial charge on any atom is -0.509 e. The first kappa shape index (κ1) is 28.5. The van der Waals surface area contributed by atoms with Gasteiger partial charge in [-0.05, 0) is 24.1 Å². The van der Waals surface area contributed by atoms with E-state index in [0.717, 1.165) is 28.0 Å². The molecule has 2 atom stereocenters. The van der Waals surface area contributed by atoms with E-state index in [4.69, 9.17) is 9.57 Å². The molecule has 3 amide bonds. The first-order valence-electron chi connectivity index (χ1n) is 11.7. The van der Waals surface area contributed by atoms with Gasteiger partial charge in [-0.25, -0.2) is 9.78 Å². The number of rotatable bonds is 12. The molecule has 1 aromatic carbocycles. The average molecular weight is 591 g/mol. The average Bonchev–Trinajstić information content (AvgIpc) is 3.41. The van der Waals surface area contributed by atoms with Gasteiger partial charge in [-0.3, -0.25) is 29.4 Å². The number of amides is 3. The lowest BCUT2D eigenvalue weighted by molar-refractivity contribution is -0.384. The zero-order valence-electron chi connectivity index (χ0n) is 20.8. The summed E-state index contributed by atoms with van der Waals surface area (Å²) in [6.45, 7) is 1.83. The number of oxime groups is 1. The van der Waals surface area contributed by atoms with Crippen molar-refractivity contribution < 1.29 is 38.8 Å². The van der Waals surface area contributed by atoms with E-state index in [1.54, 1.807) is 0 Å². The number of nitrogens with one attached hydrogen (secondary N) is 2. The number of nitro benzene ring substituents is 1. The van der Waals surface area contributed by atoms with Crippen LogP contribution in [-0.2, 0) is 35.4 Å². The fraction of sp³-hybridized carbons (Fsp3) is 0.304. The van der Waals surface area contributed by atoms with Gasteiger partial charge in [0.2, 0.25) is 6.41 Å². The standard InChI is InChI=1S/C23H22N6O9S2/c1-2-7-38-27-16(14-9-40-23(25-14)24-11-30)19(32)26-17-20(33)28-18(15(31)10-39-21(17)28)22(34)37-8-12-3-5-13(6-4-12)29(35)36/h3-6,9,11,17,21,31H,2,7-8,10H2,1H3,(H,26,32)(H,24,25,30)/b27-16-/t17?,21-/m1/s1. The minimum absolute atomic E-state index is 0.0177. The number of β-lactam (4-membered cyclic amide) rings is 1. The second-order valence-electron chi connectivity index (χ2n) is 8.23. The first-order valence-corrected chi connectivity index (χ1v) is 13.6. The number of thiazole rings is 1. The number of carbonyl (C=O) groups is 4. The third-order valence-corrected chi connectivity index (χ3v) is 7.58. The number of fused-ring (bicyclic) bond motifs is 1. The second-order valence-corrected chi connectivity index (χ2v) is 10.2. The Morgan fingerprint density at radius 3 is 2.77 bits per heavy atom. The van der Waals surface area contributed by atoms with Crippen molar-refractivity contribution in [1.29, 1.82) is 0 Å². The Labute approximate surface area is 234 Å². The molecule has 0 radical (unpaired) electrons. The highest BCUT2D eigenvalue weighted by Gasteiger charge is 2.55. The van der Waals surface area contributed by atoms with E-state index in [-0.39, 0.29) is 52.6 Å². The number of hydrogen-bond donors (Lipinski definition) is 3. The molecule has 40 heavy (non-hydrogen) atoms. The Balaban J connectivity index is 1.43. The maximum Gasteiger partial charge on any atom is 0.358 e. The molecule has 4 rings (SSSR count). The Morgan fingerprint density at radius 2 is 2.10 bits per heavy atom. The number of carbonyl (C=O) groups excluding carboxylic acids is 4. The zero-order valence-corrected chi connectivity index (χ0v) is 22.4. The van der Waals surface area contributed by atoms with Crippen LogP contribution >= 0.6 is 23.1 Å². The highest BCUT2D eigenvalue weighted by molar-refractivity contribution is 8.00. The van der Waals surface area contributed by atoms with Crippen LogP contribution in [0.5, 0.6) is 0 Å². The molecule has 17 heteroatoms. The van der Waals surface area contributed by atoms with E-state index in [1.807, 2.05) is 6.92 Å². The molecule has 3 N–H and O–H groups in total. The van der Waals surface area contributed by atoms with Crippen LogP contribution in [0.4, 0.5) is 10.8 Å². The van der Waals surface area contributed by atoms with Crippen molar-refractivity contribution in [2.45, 2.75) is 31.4 Å². The molecule has 3 heterocycles. The third kappa shape index (κ3) is 6.04. The smallest absolute Gasteiger partial charge is 0.358 e. The van der Waals surface area contributed by atoms with Crippen molar-refractivity contribution in [1.82, 2.24) is 15.2 Å². The Bertz CT molecular complexity index is 1390. The molecule has 2 aliphatic heterocycles.